The lowest BCUT2D eigenvalue weighted by molar-refractivity contribution is 0.222. The van der Waals surface area contributed by atoms with E-state index in [0.717, 1.165) is 42.3 Å². The minimum absolute atomic E-state index is 0.111. The number of aromatic nitrogens is 3. The smallest absolute Gasteiger partial charge is 0.174 e. The van der Waals surface area contributed by atoms with Crippen LogP contribution in [0.2, 0.25) is 0 Å². The molecule has 1 aliphatic heterocycles. The van der Waals surface area contributed by atoms with Crippen molar-refractivity contribution in [2.45, 2.75) is 51.9 Å². The first-order chi connectivity index (χ1) is 19.2. The zero-order valence-electron chi connectivity index (χ0n) is 23.7. The van der Waals surface area contributed by atoms with Gasteiger partial charge in [0.1, 0.15) is 23.7 Å². The Kier molecular flexibility index (Phi) is 7.84. The van der Waals surface area contributed by atoms with Gasteiger partial charge in [0.15, 0.2) is 5.82 Å². The summed E-state index contributed by atoms with van der Waals surface area (Å²) in [4.78, 5) is 11.1. The number of nitrogens with two attached hydrogens (primary N) is 1. The molecule has 0 radical (unpaired) electrons. The van der Waals surface area contributed by atoms with Crippen LogP contribution in [0.4, 0.5) is 28.8 Å². The molecule has 1 aliphatic rings. The number of piperidine rings is 1. The Morgan fingerprint density at radius 1 is 1.00 bits per heavy atom. The number of hydrogen-bond donors (Lipinski definition) is 4. The fourth-order valence-corrected chi connectivity index (χ4v) is 5.00. The number of hydrogen-bond acceptors (Lipinski definition) is 9. The molecule has 9 heteroatoms. The zero-order chi connectivity index (χ0) is 28.3. The normalized spacial score (nSPS) is 14.7. The van der Waals surface area contributed by atoms with Crippen molar-refractivity contribution in [2.24, 2.45) is 0 Å². The molecule has 0 saturated carbocycles. The molecule has 5 rings (SSSR count). The van der Waals surface area contributed by atoms with E-state index in [1.54, 1.807) is 0 Å². The van der Waals surface area contributed by atoms with Crippen LogP contribution < -0.4 is 16.4 Å². The summed E-state index contributed by atoms with van der Waals surface area (Å²) in [5.41, 5.74) is 10.7. The zero-order valence-corrected chi connectivity index (χ0v) is 23.7. The lowest BCUT2D eigenvalue weighted by atomic mass is 9.88. The molecule has 9 nitrogen and oxygen atoms in total. The van der Waals surface area contributed by atoms with Gasteiger partial charge in [0.2, 0.25) is 0 Å². The van der Waals surface area contributed by atoms with Gasteiger partial charge in [0, 0.05) is 28.4 Å². The molecule has 1 saturated heterocycles. The molecule has 5 N–H and O–H groups in total. The van der Waals surface area contributed by atoms with Crippen molar-refractivity contribution in [3.63, 3.8) is 0 Å². The van der Waals surface area contributed by atoms with Crippen LogP contribution in [0.25, 0.3) is 0 Å². The second kappa shape index (κ2) is 11.5. The molecule has 0 bridgehead atoms. The fourth-order valence-electron chi connectivity index (χ4n) is 5.00. The Balaban J connectivity index is 1.28. The number of benzene rings is 2. The minimum atomic E-state index is -0.111. The second-order valence-electron chi connectivity index (χ2n) is 11.3. The third-order valence-electron chi connectivity index (χ3n) is 7.50. The maximum atomic E-state index is 8.96. The van der Waals surface area contributed by atoms with E-state index in [1.165, 1.54) is 24.7 Å². The third kappa shape index (κ3) is 6.15. The molecule has 208 valence electrons. The first-order valence-corrected chi connectivity index (χ1v) is 13.8. The van der Waals surface area contributed by atoms with Crippen LogP contribution in [0.15, 0.2) is 65.4 Å². The number of nitrogens with one attached hydrogen (secondary N) is 3. The number of rotatable bonds is 8. The highest BCUT2D eigenvalue weighted by Gasteiger charge is 2.22. The lowest BCUT2D eigenvalue weighted by Gasteiger charge is -2.31. The largest absolute Gasteiger partial charge is 0.383 e. The molecule has 3 heterocycles. The summed E-state index contributed by atoms with van der Waals surface area (Å²) < 4.78 is 5.46. The maximum absolute atomic E-state index is 8.96. The summed E-state index contributed by atoms with van der Waals surface area (Å²) in [5.74, 6) is 2.78. The van der Waals surface area contributed by atoms with Crippen LogP contribution in [-0.4, -0.2) is 45.4 Å². The van der Waals surface area contributed by atoms with E-state index in [4.69, 9.17) is 15.7 Å². The van der Waals surface area contributed by atoms with Gasteiger partial charge in [-0.05, 0) is 68.2 Å². The fraction of sp³-hybridized carbons (Fsp3) is 0.355. The molecule has 4 aromatic rings. The Labute approximate surface area is 235 Å². The van der Waals surface area contributed by atoms with E-state index in [2.05, 4.69) is 70.5 Å². The number of nitrogen functional groups attached to an aromatic ring is 1. The van der Waals surface area contributed by atoms with Gasteiger partial charge in [-0.15, -0.1) is 0 Å². The Hall–Kier alpha value is -4.24. The predicted molar refractivity (Wildman–Crippen MR) is 161 cm³/mol. The summed E-state index contributed by atoms with van der Waals surface area (Å²) in [6.07, 6.45) is 3.75. The maximum Gasteiger partial charge on any atom is 0.174 e. The van der Waals surface area contributed by atoms with Crippen molar-refractivity contribution >= 4 is 34.5 Å². The highest BCUT2D eigenvalue weighted by Crippen LogP contribution is 2.31. The number of nitrogens with zero attached hydrogens (tertiary/aromatic N) is 4. The van der Waals surface area contributed by atoms with Gasteiger partial charge < -0.3 is 25.8 Å². The predicted octanol–water partition coefficient (Wildman–Crippen LogP) is 6.45. The van der Waals surface area contributed by atoms with Crippen LogP contribution in [0.1, 0.15) is 68.9 Å². The van der Waals surface area contributed by atoms with Crippen LogP contribution in [0.3, 0.4) is 0 Å². The van der Waals surface area contributed by atoms with E-state index >= 15 is 0 Å². The molecule has 2 aromatic carbocycles. The highest BCUT2D eigenvalue weighted by molar-refractivity contribution is 6.16. The van der Waals surface area contributed by atoms with Crippen molar-refractivity contribution in [1.29, 1.82) is 5.41 Å². The van der Waals surface area contributed by atoms with Crippen molar-refractivity contribution in [3.8, 4) is 0 Å². The minimum Gasteiger partial charge on any atom is -0.383 e. The molecular weight excluding hydrogens is 500 g/mol. The Morgan fingerprint density at radius 3 is 2.25 bits per heavy atom. The van der Waals surface area contributed by atoms with E-state index in [9.17, 15) is 0 Å². The third-order valence-corrected chi connectivity index (χ3v) is 7.50. The van der Waals surface area contributed by atoms with Crippen LogP contribution >= 0.6 is 0 Å². The molecule has 0 aliphatic carbocycles. The standard InChI is InChI=1S/C31H38N8O/c1-5-39-16-14-21(15-17-39)20-6-8-22(9-7-20)28(32)27-29(33)34-19-35-30(27)37-24-12-10-23(11-13-24)36-26-18-25(40-38-26)31(2,3)4/h6-13,18-19,21,32H,5,14-17H2,1-4H3,(H,36,38)(H3,33,34,35,37). The molecule has 0 spiro atoms. The average molecular weight is 539 g/mol. The van der Waals surface area contributed by atoms with Gasteiger partial charge in [-0.3, -0.25) is 5.41 Å². The molecule has 0 unspecified atom stereocenters. The van der Waals surface area contributed by atoms with Gasteiger partial charge in [-0.2, -0.15) is 0 Å². The van der Waals surface area contributed by atoms with E-state index in [1.807, 2.05) is 42.5 Å². The molecule has 2 aromatic heterocycles. The summed E-state index contributed by atoms with van der Waals surface area (Å²) in [6, 6.07) is 18.0. The van der Waals surface area contributed by atoms with E-state index < -0.39 is 0 Å². The van der Waals surface area contributed by atoms with Gasteiger partial charge in [0.05, 0.1) is 11.3 Å². The molecule has 0 amide bonds. The van der Waals surface area contributed by atoms with E-state index in [0.29, 0.717) is 23.1 Å². The second-order valence-corrected chi connectivity index (χ2v) is 11.3. The summed E-state index contributed by atoms with van der Waals surface area (Å²) in [7, 11) is 0. The van der Waals surface area contributed by atoms with Crippen LogP contribution in [-0.2, 0) is 5.41 Å². The van der Waals surface area contributed by atoms with Crippen molar-refractivity contribution in [1.82, 2.24) is 20.0 Å². The average Bonchev–Trinajstić information content (AvgIpc) is 3.43. The highest BCUT2D eigenvalue weighted by atomic mass is 16.5. The first-order valence-electron chi connectivity index (χ1n) is 13.8. The number of likely N-dealkylation sites (tertiary alicyclic amines) is 1. The van der Waals surface area contributed by atoms with E-state index in [-0.39, 0.29) is 16.9 Å². The molecule has 0 atom stereocenters. The molecular formula is C31H38N8O. The molecule has 1 fully saturated rings. The Bertz CT molecular complexity index is 1450. The van der Waals surface area contributed by atoms with Gasteiger partial charge in [0.25, 0.3) is 0 Å². The lowest BCUT2D eigenvalue weighted by Crippen LogP contribution is -2.32. The topological polar surface area (TPSA) is 129 Å². The Morgan fingerprint density at radius 2 is 1.65 bits per heavy atom. The quantitative estimate of drug-likeness (QED) is 0.188. The van der Waals surface area contributed by atoms with Crippen LogP contribution in [0, 0.1) is 5.41 Å². The van der Waals surface area contributed by atoms with Crippen molar-refractivity contribution < 1.29 is 4.52 Å². The summed E-state index contributed by atoms with van der Waals surface area (Å²) >= 11 is 0. The van der Waals surface area contributed by atoms with Gasteiger partial charge in [-0.1, -0.05) is 57.1 Å². The SMILES string of the molecule is CCN1CCC(c2ccc(C(=N)c3c(N)ncnc3Nc3ccc(Nc4cc(C(C)(C)C)on4)cc3)cc2)CC1. The first kappa shape index (κ1) is 27.3. The monoisotopic (exact) mass is 538 g/mol. The van der Waals surface area contributed by atoms with Crippen molar-refractivity contribution in [2.75, 3.05) is 36.0 Å². The molecule has 40 heavy (non-hydrogen) atoms. The van der Waals surface area contributed by atoms with Gasteiger partial charge >= 0.3 is 0 Å². The summed E-state index contributed by atoms with van der Waals surface area (Å²) in [5, 5.41) is 19.7. The van der Waals surface area contributed by atoms with Crippen LogP contribution in [0.5, 0.6) is 0 Å². The number of anilines is 5. The van der Waals surface area contributed by atoms with Gasteiger partial charge in [-0.25, -0.2) is 9.97 Å². The summed E-state index contributed by atoms with van der Waals surface area (Å²) in [6.45, 7) is 11.9. The van der Waals surface area contributed by atoms with Crippen molar-refractivity contribution in [3.05, 3.63) is 83.4 Å².